The number of benzene rings is 3. The molecule has 0 aliphatic carbocycles. The molecule has 0 spiro atoms. The lowest BCUT2D eigenvalue weighted by atomic mass is 10.1. The van der Waals surface area contributed by atoms with Crippen LogP contribution in [0.15, 0.2) is 77.7 Å². The summed E-state index contributed by atoms with van der Waals surface area (Å²) in [7, 11) is -3.73. The largest absolute Gasteiger partial charge is 0.485 e. The van der Waals surface area contributed by atoms with Gasteiger partial charge in [-0.3, -0.25) is 9.59 Å². The van der Waals surface area contributed by atoms with Gasteiger partial charge in [-0.2, -0.15) is 0 Å². The molecule has 0 aromatic heterocycles. The van der Waals surface area contributed by atoms with Crippen LogP contribution >= 0.6 is 0 Å². The number of rotatable bonds is 7. The van der Waals surface area contributed by atoms with Crippen molar-refractivity contribution in [3.8, 4) is 11.5 Å². The number of para-hydroxylation sites is 2. The van der Waals surface area contributed by atoms with Gasteiger partial charge in [0.25, 0.3) is 11.8 Å². The summed E-state index contributed by atoms with van der Waals surface area (Å²) in [5.41, 5.74) is 1.83. The fourth-order valence-corrected chi connectivity index (χ4v) is 3.86. The predicted octanol–water partition coefficient (Wildman–Crippen LogP) is 2.08. The average molecular weight is 482 g/mol. The van der Waals surface area contributed by atoms with Crippen molar-refractivity contribution >= 4 is 27.5 Å². The first-order chi connectivity index (χ1) is 16.3. The van der Waals surface area contributed by atoms with Crippen molar-refractivity contribution in [3.05, 3.63) is 83.9 Å². The lowest BCUT2D eigenvalue weighted by Crippen LogP contribution is -2.40. The number of hydrogen-bond donors (Lipinski definition) is 3. The molecule has 1 atom stereocenters. The minimum atomic E-state index is -3.73. The number of anilines is 1. The van der Waals surface area contributed by atoms with E-state index >= 15 is 0 Å². The van der Waals surface area contributed by atoms with Crippen LogP contribution in [0.4, 0.5) is 5.69 Å². The summed E-state index contributed by atoms with van der Waals surface area (Å²) in [6.45, 7) is 0.473. The number of carbonyl (C=O) groups is 2. The molecule has 10 heteroatoms. The maximum absolute atomic E-state index is 12.5. The summed E-state index contributed by atoms with van der Waals surface area (Å²) >= 11 is 0. The number of fused-ring (bicyclic) bond motifs is 1. The van der Waals surface area contributed by atoms with E-state index in [1.807, 2.05) is 6.07 Å². The Morgan fingerprint density at radius 2 is 1.62 bits per heavy atom. The van der Waals surface area contributed by atoms with E-state index in [1.165, 1.54) is 12.1 Å². The van der Waals surface area contributed by atoms with Gasteiger partial charge in [0.1, 0.15) is 6.61 Å². The highest BCUT2D eigenvalue weighted by molar-refractivity contribution is 7.89. The van der Waals surface area contributed by atoms with E-state index in [0.29, 0.717) is 35.7 Å². The molecule has 0 unspecified atom stereocenters. The fourth-order valence-electron chi connectivity index (χ4n) is 3.34. The number of carbonyl (C=O) groups excluding carboxylic acids is 2. The van der Waals surface area contributed by atoms with Gasteiger partial charge in [-0.1, -0.05) is 24.3 Å². The highest BCUT2D eigenvalue weighted by Crippen LogP contribution is 2.31. The number of hydrogen-bond acceptors (Lipinski definition) is 6. The van der Waals surface area contributed by atoms with Gasteiger partial charge in [0, 0.05) is 17.8 Å². The first-order valence-corrected chi connectivity index (χ1v) is 12.0. The van der Waals surface area contributed by atoms with Gasteiger partial charge in [0.05, 0.1) is 4.90 Å². The third-order valence-electron chi connectivity index (χ3n) is 5.17. The predicted molar refractivity (Wildman–Crippen MR) is 125 cm³/mol. The van der Waals surface area contributed by atoms with Crippen molar-refractivity contribution in [3.63, 3.8) is 0 Å². The molecule has 0 saturated heterocycles. The van der Waals surface area contributed by atoms with E-state index in [9.17, 15) is 18.0 Å². The molecule has 0 fully saturated rings. The molecule has 4 N–H and O–H groups in total. The quantitative estimate of drug-likeness (QED) is 0.473. The Morgan fingerprint density at radius 3 is 2.29 bits per heavy atom. The van der Waals surface area contributed by atoms with E-state index in [0.717, 1.165) is 5.56 Å². The third-order valence-corrected chi connectivity index (χ3v) is 6.10. The molecular formula is C24H23N3O6S. The minimum absolute atomic E-state index is 0.0415. The van der Waals surface area contributed by atoms with Crippen LogP contribution < -0.4 is 25.2 Å². The van der Waals surface area contributed by atoms with E-state index in [2.05, 4.69) is 10.6 Å². The summed E-state index contributed by atoms with van der Waals surface area (Å²) in [5, 5.41) is 10.7. The monoisotopic (exact) mass is 481 g/mol. The minimum Gasteiger partial charge on any atom is -0.485 e. The number of nitrogens with one attached hydrogen (secondary N) is 2. The molecule has 0 bridgehead atoms. The molecular weight excluding hydrogens is 458 g/mol. The highest BCUT2D eigenvalue weighted by Gasteiger charge is 2.27. The summed E-state index contributed by atoms with van der Waals surface area (Å²) in [6, 6.07) is 19.8. The summed E-state index contributed by atoms with van der Waals surface area (Å²) < 4.78 is 33.9. The lowest BCUT2D eigenvalue weighted by Gasteiger charge is -2.25. The fraction of sp³-hybridized carbons (Fsp3) is 0.167. The summed E-state index contributed by atoms with van der Waals surface area (Å²) in [5.74, 6) is 0.503. The van der Waals surface area contributed by atoms with E-state index in [1.54, 1.807) is 54.6 Å². The Hall–Kier alpha value is -3.89. The zero-order valence-corrected chi connectivity index (χ0v) is 18.9. The molecule has 34 heavy (non-hydrogen) atoms. The second-order valence-electron chi connectivity index (χ2n) is 7.63. The number of amides is 2. The van der Waals surface area contributed by atoms with Gasteiger partial charge in [0.2, 0.25) is 16.1 Å². The van der Waals surface area contributed by atoms with Crippen LogP contribution in [0.1, 0.15) is 15.9 Å². The van der Waals surface area contributed by atoms with Gasteiger partial charge in [-0.25, -0.2) is 13.6 Å². The Balaban J connectivity index is 1.26. The second-order valence-corrected chi connectivity index (χ2v) is 9.19. The Bertz CT molecular complexity index is 1290. The molecule has 0 saturated carbocycles. The van der Waals surface area contributed by atoms with Crippen molar-refractivity contribution in [2.24, 2.45) is 5.14 Å². The van der Waals surface area contributed by atoms with Gasteiger partial charge in [-0.05, 0) is 60.5 Å². The number of nitrogens with two attached hydrogens (primary N) is 1. The van der Waals surface area contributed by atoms with Gasteiger partial charge in [-0.15, -0.1) is 0 Å². The van der Waals surface area contributed by atoms with Crippen LogP contribution in [-0.2, 0) is 21.2 Å². The molecule has 0 radical (unpaired) electrons. The Morgan fingerprint density at radius 1 is 0.941 bits per heavy atom. The van der Waals surface area contributed by atoms with Gasteiger partial charge < -0.3 is 20.1 Å². The number of primary sulfonamides is 1. The molecule has 9 nitrogen and oxygen atoms in total. The van der Waals surface area contributed by atoms with Crippen molar-refractivity contribution in [2.75, 3.05) is 18.5 Å². The molecule has 176 valence electrons. The standard InChI is InChI=1S/C24H23N3O6S/c25-34(30,31)19-11-5-16(6-12-19)13-14-26-23(28)17-7-9-18(10-8-17)27-24(29)22-15-32-20-3-1-2-4-21(20)33-22/h1-12,22H,13-15H2,(H,26,28)(H,27,29)(H2,25,30,31)/t22-/m1/s1. The smallest absolute Gasteiger partial charge is 0.269 e. The van der Waals surface area contributed by atoms with E-state index in [-0.39, 0.29) is 23.3 Å². The topological polar surface area (TPSA) is 137 Å². The van der Waals surface area contributed by atoms with Gasteiger partial charge >= 0.3 is 0 Å². The Kier molecular flexibility index (Phi) is 6.80. The molecule has 3 aromatic rings. The van der Waals surface area contributed by atoms with E-state index < -0.39 is 16.1 Å². The zero-order chi connectivity index (χ0) is 24.1. The molecule has 4 rings (SSSR count). The van der Waals surface area contributed by atoms with Crippen molar-refractivity contribution in [2.45, 2.75) is 17.4 Å². The van der Waals surface area contributed by atoms with Crippen LogP contribution in [0.3, 0.4) is 0 Å². The molecule has 1 aliphatic heterocycles. The van der Waals surface area contributed by atoms with E-state index in [4.69, 9.17) is 14.6 Å². The van der Waals surface area contributed by atoms with Crippen LogP contribution in [0.2, 0.25) is 0 Å². The molecule has 2 amide bonds. The summed E-state index contributed by atoms with van der Waals surface area (Å²) in [4.78, 5) is 24.9. The molecule has 1 aliphatic rings. The number of ether oxygens (including phenoxy) is 2. The van der Waals surface area contributed by atoms with Crippen LogP contribution in [-0.4, -0.2) is 39.5 Å². The molecule has 3 aromatic carbocycles. The van der Waals surface area contributed by atoms with Crippen molar-refractivity contribution < 1.29 is 27.5 Å². The Labute approximate surface area is 196 Å². The SMILES string of the molecule is NS(=O)(=O)c1ccc(CCNC(=O)c2ccc(NC(=O)[C@H]3COc4ccccc4O3)cc2)cc1. The molecule has 1 heterocycles. The summed E-state index contributed by atoms with van der Waals surface area (Å²) in [6.07, 6.45) is -0.255. The van der Waals surface area contributed by atoms with Crippen molar-refractivity contribution in [1.29, 1.82) is 0 Å². The highest BCUT2D eigenvalue weighted by atomic mass is 32.2. The van der Waals surface area contributed by atoms with Gasteiger partial charge in [0.15, 0.2) is 11.5 Å². The second kappa shape index (κ2) is 9.94. The van der Waals surface area contributed by atoms with Crippen LogP contribution in [0.5, 0.6) is 11.5 Å². The maximum atomic E-state index is 12.5. The maximum Gasteiger partial charge on any atom is 0.269 e. The number of sulfonamides is 1. The normalized spacial score (nSPS) is 14.8. The van der Waals surface area contributed by atoms with Crippen LogP contribution in [0.25, 0.3) is 0 Å². The lowest BCUT2D eigenvalue weighted by molar-refractivity contribution is -0.125. The third kappa shape index (κ3) is 5.72. The zero-order valence-electron chi connectivity index (χ0n) is 18.1. The average Bonchev–Trinajstić information content (AvgIpc) is 2.84. The van der Waals surface area contributed by atoms with Crippen LogP contribution in [0, 0.1) is 0 Å². The van der Waals surface area contributed by atoms with Crippen molar-refractivity contribution in [1.82, 2.24) is 5.32 Å². The first-order valence-electron chi connectivity index (χ1n) is 10.5. The first kappa shape index (κ1) is 23.3.